The molecule has 2 rings (SSSR count). The molecule has 1 saturated heterocycles. The van der Waals surface area contributed by atoms with E-state index in [9.17, 15) is 18.7 Å². The van der Waals surface area contributed by atoms with E-state index in [1.165, 1.54) is 11.9 Å². The molecule has 1 heterocycles. The SMILES string of the molecule is CNC(=O)CN1CC(F)(F)C(O)C12CCCC2. The number of aliphatic hydroxyl groups is 1. The first-order valence-corrected chi connectivity index (χ1v) is 5.94. The minimum Gasteiger partial charge on any atom is -0.385 e. The van der Waals surface area contributed by atoms with E-state index in [1.807, 2.05) is 0 Å². The highest BCUT2D eigenvalue weighted by Gasteiger charge is 2.63. The van der Waals surface area contributed by atoms with Crippen molar-refractivity contribution >= 4 is 5.91 Å². The molecule has 2 aliphatic rings. The second-order valence-electron chi connectivity index (χ2n) is 5.00. The van der Waals surface area contributed by atoms with Crippen molar-refractivity contribution in [3.8, 4) is 0 Å². The number of amides is 1. The smallest absolute Gasteiger partial charge is 0.287 e. The molecular formula is C11H18F2N2O2. The number of likely N-dealkylation sites (tertiary alicyclic amines) is 1. The Kier molecular flexibility index (Phi) is 3.12. The lowest BCUT2D eigenvalue weighted by molar-refractivity contribution is -0.123. The predicted molar refractivity (Wildman–Crippen MR) is 57.8 cm³/mol. The zero-order valence-electron chi connectivity index (χ0n) is 9.88. The average molecular weight is 248 g/mol. The number of rotatable bonds is 2. The van der Waals surface area contributed by atoms with Crippen LogP contribution >= 0.6 is 0 Å². The molecule has 17 heavy (non-hydrogen) atoms. The van der Waals surface area contributed by atoms with Gasteiger partial charge in [-0.15, -0.1) is 0 Å². The van der Waals surface area contributed by atoms with Crippen molar-refractivity contribution in [3.63, 3.8) is 0 Å². The zero-order valence-corrected chi connectivity index (χ0v) is 9.88. The molecule has 1 amide bonds. The Labute approximate surface area is 99.0 Å². The first-order chi connectivity index (χ1) is 7.92. The average Bonchev–Trinajstić information content (AvgIpc) is 2.82. The van der Waals surface area contributed by atoms with Gasteiger partial charge in [-0.25, -0.2) is 8.78 Å². The van der Waals surface area contributed by atoms with Crippen LogP contribution in [0.15, 0.2) is 0 Å². The van der Waals surface area contributed by atoms with Crippen molar-refractivity contribution in [2.24, 2.45) is 0 Å². The summed E-state index contributed by atoms with van der Waals surface area (Å²) in [5, 5.41) is 12.3. The van der Waals surface area contributed by atoms with Crippen LogP contribution in [0.4, 0.5) is 8.78 Å². The molecule has 1 saturated carbocycles. The second kappa shape index (κ2) is 4.17. The minimum absolute atomic E-state index is 0.0663. The molecule has 0 bridgehead atoms. The van der Waals surface area contributed by atoms with Crippen LogP contribution in [-0.2, 0) is 4.79 Å². The van der Waals surface area contributed by atoms with E-state index in [-0.39, 0.29) is 12.5 Å². The summed E-state index contributed by atoms with van der Waals surface area (Å²) in [6.45, 7) is -0.593. The monoisotopic (exact) mass is 248 g/mol. The van der Waals surface area contributed by atoms with E-state index in [0.717, 1.165) is 12.8 Å². The number of halogens is 2. The number of hydrogen-bond acceptors (Lipinski definition) is 3. The maximum Gasteiger partial charge on any atom is 0.287 e. The quantitative estimate of drug-likeness (QED) is 0.741. The lowest BCUT2D eigenvalue weighted by atomic mass is 9.90. The van der Waals surface area contributed by atoms with Gasteiger partial charge in [0.1, 0.15) is 6.10 Å². The number of nitrogens with zero attached hydrogens (tertiary/aromatic N) is 1. The van der Waals surface area contributed by atoms with Gasteiger partial charge < -0.3 is 10.4 Å². The summed E-state index contributed by atoms with van der Waals surface area (Å²) in [5.74, 6) is -3.40. The third-order valence-electron chi connectivity index (χ3n) is 4.02. The number of likely N-dealkylation sites (N-methyl/N-ethyl adjacent to an activating group) is 1. The first-order valence-electron chi connectivity index (χ1n) is 5.94. The van der Waals surface area contributed by atoms with Gasteiger partial charge in [-0.1, -0.05) is 12.8 Å². The van der Waals surface area contributed by atoms with Crippen molar-refractivity contribution in [2.75, 3.05) is 20.1 Å². The van der Waals surface area contributed by atoms with E-state index in [2.05, 4.69) is 5.32 Å². The molecule has 0 aromatic rings. The van der Waals surface area contributed by atoms with Crippen molar-refractivity contribution in [3.05, 3.63) is 0 Å². The number of carbonyl (C=O) groups excluding carboxylic acids is 1. The number of carbonyl (C=O) groups is 1. The largest absolute Gasteiger partial charge is 0.385 e. The van der Waals surface area contributed by atoms with Gasteiger partial charge >= 0.3 is 0 Å². The van der Waals surface area contributed by atoms with Gasteiger partial charge in [0.25, 0.3) is 5.92 Å². The Hall–Kier alpha value is -0.750. The fourth-order valence-corrected chi connectivity index (χ4v) is 3.11. The third kappa shape index (κ3) is 1.93. The van der Waals surface area contributed by atoms with Crippen LogP contribution in [-0.4, -0.2) is 53.6 Å². The first kappa shape index (κ1) is 12.7. The van der Waals surface area contributed by atoms with Gasteiger partial charge in [0, 0.05) is 7.05 Å². The lowest BCUT2D eigenvalue weighted by Gasteiger charge is -2.36. The van der Waals surface area contributed by atoms with Crippen molar-refractivity contribution in [1.82, 2.24) is 10.2 Å². The minimum atomic E-state index is -3.11. The molecule has 0 aromatic heterocycles. The van der Waals surface area contributed by atoms with E-state index in [4.69, 9.17) is 0 Å². The highest BCUT2D eigenvalue weighted by atomic mass is 19.3. The molecule has 6 heteroatoms. The van der Waals surface area contributed by atoms with Crippen LogP contribution in [0.25, 0.3) is 0 Å². The molecule has 1 atom stereocenters. The highest BCUT2D eigenvalue weighted by molar-refractivity contribution is 5.77. The molecule has 0 radical (unpaired) electrons. The van der Waals surface area contributed by atoms with E-state index < -0.39 is 24.1 Å². The summed E-state index contributed by atoms with van der Waals surface area (Å²) in [5.41, 5.74) is -0.893. The summed E-state index contributed by atoms with van der Waals surface area (Å²) in [6, 6.07) is 0. The molecule has 1 aliphatic heterocycles. The van der Waals surface area contributed by atoms with E-state index in [1.54, 1.807) is 0 Å². The Bertz CT molecular complexity index is 317. The standard InChI is InChI=1S/C11H18F2N2O2/c1-14-8(16)6-15-7-11(12,13)9(17)10(15)4-2-3-5-10/h9,17H,2-7H2,1H3,(H,14,16). The van der Waals surface area contributed by atoms with Crippen LogP contribution < -0.4 is 5.32 Å². The van der Waals surface area contributed by atoms with Gasteiger partial charge in [-0.3, -0.25) is 9.69 Å². The molecule has 4 nitrogen and oxygen atoms in total. The Morgan fingerprint density at radius 3 is 2.59 bits per heavy atom. The van der Waals surface area contributed by atoms with Crippen LogP contribution in [0.3, 0.4) is 0 Å². The fraction of sp³-hybridized carbons (Fsp3) is 0.909. The summed E-state index contributed by atoms with van der Waals surface area (Å²) in [7, 11) is 1.48. The summed E-state index contributed by atoms with van der Waals surface area (Å²) in [4.78, 5) is 12.8. The Morgan fingerprint density at radius 1 is 1.47 bits per heavy atom. The van der Waals surface area contributed by atoms with Gasteiger partial charge in [0.2, 0.25) is 5.91 Å². The number of nitrogens with one attached hydrogen (secondary N) is 1. The van der Waals surface area contributed by atoms with Crippen LogP contribution in [0, 0.1) is 0 Å². The normalized spacial score (nSPS) is 30.9. The molecule has 98 valence electrons. The fourth-order valence-electron chi connectivity index (χ4n) is 3.11. The Balaban J connectivity index is 2.21. The summed E-state index contributed by atoms with van der Waals surface area (Å²) in [6.07, 6.45) is 1.10. The molecule has 1 unspecified atom stereocenters. The second-order valence-corrected chi connectivity index (χ2v) is 5.00. The van der Waals surface area contributed by atoms with Gasteiger partial charge in [-0.2, -0.15) is 0 Å². The third-order valence-corrected chi connectivity index (χ3v) is 4.02. The molecule has 1 aliphatic carbocycles. The van der Waals surface area contributed by atoms with Gasteiger partial charge in [-0.05, 0) is 12.8 Å². The predicted octanol–water partition coefficient (Wildman–Crippen LogP) is 0.357. The van der Waals surface area contributed by atoms with Crippen LogP contribution in [0.5, 0.6) is 0 Å². The molecule has 1 spiro atoms. The molecule has 2 fully saturated rings. The topological polar surface area (TPSA) is 52.6 Å². The van der Waals surface area contributed by atoms with Crippen molar-refractivity contribution < 1.29 is 18.7 Å². The van der Waals surface area contributed by atoms with E-state index in [0.29, 0.717) is 12.8 Å². The number of aliphatic hydroxyl groups excluding tert-OH is 1. The zero-order chi connectivity index (χ0) is 12.7. The van der Waals surface area contributed by atoms with Crippen LogP contribution in [0.1, 0.15) is 25.7 Å². The summed E-state index contributed by atoms with van der Waals surface area (Å²) < 4.78 is 27.2. The maximum absolute atomic E-state index is 13.6. The Morgan fingerprint density at radius 2 is 2.06 bits per heavy atom. The van der Waals surface area contributed by atoms with Crippen molar-refractivity contribution in [2.45, 2.75) is 43.2 Å². The molecular weight excluding hydrogens is 230 g/mol. The maximum atomic E-state index is 13.6. The van der Waals surface area contributed by atoms with Crippen molar-refractivity contribution in [1.29, 1.82) is 0 Å². The molecule has 0 aromatic carbocycles. The highest BCUT2D eigenvalue weighted by Crippen LogP contribution is 2.48. The van der Waals surface area contributed by atoms with Gasteiger partial charge in [0.15, 0.2) is 0 Å². The van der Waals surface area contributed by atoms with Crippen LogP contribution in [0.2, 0.25) is 0 Å². The lowest BCUT2D eigenvalue weighted by Crippen LogP contribution is -2.52. The van der Waals surface area contributed by atoms with E-state index >= 15 is 0 Å². The number of hydrogen-bond donors (Lipinski definition) is 2. The van der Waals surface area contributed by atoms with Gasteiger partial charge in [0.05, 0.1) is 18.6 Å². The summed E-state index contributed by atoms with van der Waals surface area (Å²) >= 11 is 0. The molecule has 2 N–H and O–H groups in total. The number of alkyl halides is 2.